The highest BCUT2D eigenvalue weighted by Crippen LogP contribution is 2.64. The van der Waals surface area contributed by atoms with E-state index >= 15 is 0 Å². The van der Waals surface area contributed by atoms with E-state index in [1.165, 1.54) is 7.11 Å². The van der Waals surface area contributed by atoms with Crippen molar-refractivity contribution in [1.82, 2.24) is 0 Å². The molecule has 126 valence electrons. The predicted octanol–water partition coefficient (Wildman–Crippen LogP) is 1.23. The average Bonchev–Trinajstić information content (AvgIpc) is 2.99. The molecule has 0 radical (unpaired) electrons. The molecule has 0 aromatic heterocycles. The Kier molecular flexibility index (Phi) is 4.02. The molecule has 0 saturated heterocycles. The Labute approximate surface area is 140 Å². The summed E-state index contributed by atoms with van der Waals surface area (Å²) in [6, 6.07) is 5.43. The maximum Gasteiger partial charge on any atom is 0.231 e. The van der Waals surface area contributed by atoms with Gasteiger partial charge in [-0.25, -0.2) is 8.42 Å². The van der Waals surface area contributed by atoms with Crippen LogP contribution in [0.15, 0.2) is 18.2 Å². The molecule has 0 amide bonds. The highest BCUT2D eigenvalue weighted by atomic mass is 32.2. The minimum Gasteiger partial charge on any atom is -0.454 e. The topological polar surface area (TPSA) is 87.9 Å². The van der Waals surface area contributed by atoms with Crippen molar-refractivity contribution in [2.75, 3.05) is 26.3 Å². The maximum absolute atomic E-state index is 12.5. The number of fused-ring (bicyclic) bond motifs is 1. The minimum absolute atomic E-state index is 0.0345. The lowest BCUT2D eigenvalue weighted by Crippen LogP contribution is -2.33. The van der Waals surface area contributed by atoms with Crippen LogP contribution in [0, 0.1) is 5.41 Å². The van der Waals surface area contributed by atoms with E-state index in [-0.39, 0.29) is 30.1 Å². The van der Waals surface area contributed by atoms with Gasteiger partial charge in [0.05, 0.1) is 22.3 Å². The number of sulfone groups is 1. The van der Waals surface area contributed by atoms with Gasteiger partial charge in [-0.2, -0.15) is 0 Å². The first kappa shape index (κ1) is 16.5. The Morgan fingerprint density at radius 1 is 1.43 bits per heavy atom. The lowest BCUT2D eigenvalue weighted by atomic mass is 9.99. The molecule has 1 saturated carbocycles. The van der Waals surface area contributed by atoms with Crippen molar-refractivity contribution in [3.05, 3.63) is 23.8 Å². The molecule has 2 N–H and O–H groups in total. The van der Waals surface area contributed by atoms with E-state index in [0.717, 1.165) is 5.56 Å². The van der Waals surface area contributed by atoms with Crippen molar-refractivity contribution in [2.45, 2.75) is 18.1 Å². The molecule has 1 aliphatic heterocycles. The van der Waals surface area contributed by atoms with Gasteiger partial charge in [-0.15, -0.1) is 0 Å². The van der Waals surface area contributed by atoms with Crippen molar-refractivity contribution in [3.63, 3.8) is 0 Å². The molecule has 0 unspecified atom stereocenters. The summed E-state index contributed by atoms with van der Waals surface area (Å²) in [5.74, 6) is 0.958. The fourth-order valence-electron chi connectivity index (χ4n) is 3.47. The fourth-order valence-corrected chi connectivity index (χ4v) is 5.93. The third-order valence-corrected chi connectivity index (χ3v) is 7.29. The molecule has 8 heteroatoms. The van der Waals surface area contributed by atoms with Gasteiger partial charge >= 0.3 is 0 Å². The lowest BCUT2D eigenvalue weighted by Gasteiger charge is -2.15. The predicted molar refractivity (Wildman–Crippen MR) is 89.6 cm³/mol. The molecule has 0 spiro atoms. The molecule has 1 heterocycles. The van der Waals surface area contributed by atoms with E-state index in [1.54, 1.807) is 19.1 Å². The Balaban J connectivity index is 2.06. The van der Waals surface area contributed by atoms with E-state index < -0.39 is 20.5 Å². The van der Waals surface area contributed by atoms with Gasteiger partial charge in [0.1, 0.15) is 0 Å². The van der Waals surface area contributed by atoms with Gasteiger partial charge in [-0.1, -0.05) is 25.2 Å². The first-order chi connectivity index (χ1) is 10.9. The van der Waals surface area contributed by atoms with Gasteiger partial charge < -0.3 is 19.9 Å². The number of benzene rings is 1. The number of rotatable bonds is 6. The summed E-state index contributed by atoms with van der Waals surface area (Å²) in [6.07, 6.45) is 0. The second kappa shape index (κ2) is 5.61. The summed E-state index contributed by atoms with van der Waals surface area (Å²) in [5.41, 5.74) is 5.88. The molecule has 1 aliphatic carbocycles. The zero-order chi connectivity index (χ0) is 16.8. The zero-order valence-electron chi connectivity index (χ0n) is 12.9. The molecule has 23 heavy (non-hydrogen) atoms. The van der Waals surface area contributed by atoms with Crippen molar-refractivity contribution < 1.29 is 22.6 Å². The van der Waals surface area contributed by atoms with E-state index in [9.17, 15) is 8.42 Å². The van der Waals surface area contributed by atoms with Crippen LogP contribution in [0.3, 0.4) is 0 Å². The van der Waals surface area contributed by atoms with Crippen LogP contribution in [-0.2, 0) is 14.6 Å². The quantitative estimate of drug-likeness (QED) is 0.766. The number of methoxy groups -OCH3 is 1. The molecule has 1 fully saturated rings. The number of thiocarbonyl (C=S) groups is 1. The van der Waals surface area contributed by atoms with Crippen LogP contribution in [-0.4, -0.2) is 44.9 Å². The van der Waals surface area contributed by atoms with Crippen molar-refractivity contribution in [2.24, 2.45) is 11.1 Å². The Hall–Kier alpha value is -1.38. The Morgan fingerprint density at radius 2 is 2.13 bits per heavy atom. The Morgan fingerprint density at radius 3 is 2.74 bits per heavy atom. The van der Waals surface area contributed by atoms with Crippen molar-refractivity contribution in [1.29, 1.82) is 0 Å². The molecule has 2 aliphatic rings. The van der Waals surface area contributed by atoms with E-state index in [1.807, 2.05) is 6.07 Å². The standard InChI is InChI=1S/C15H19NO5S2/c1-3-23(17,18)13-12(15(13,7-19-2)14(16)22)9-4-5-10-11(6-9)21-8-20-10/h4-6,12-13H,3,7-8H2,1-2H3,(H2,16,22)/t12-,13-,15-/m1/s1. The summed E-state index contributed by atoms with van der Waals surface area (Å²) in [6.45, 7) is 1.96. The number of hydrogen-bond donors (Lipinski definition) is 1. The summed E-state index contributed by atoms with van der Waals surface area (Å²) >= 11 is 5.21. The third-order valence-electron chi connectivity index (χ3n) is 4.64. The summed E-state index contributed by atoms with van der Waals surface area (Å²) in [7, 11) is -1.81. The third kappa shape index (κ3) is 2.40. The molecular weight excluding hydrogens is 338 g/mol. The van der Waals surface area contributed by atoms with E-state index in [0.29, 0.717) is 11.5 Å². The van der Waals surface area contributed by atoms with Crippen LogP contribution in [0.5, 0.6) is 11.5 Å². The smallest absolute Gasteiger partial charge is 0.231 e. The lowest BCUT2D eigenvalue weighted by molar-refractivity contribution is 0.166. The van der Waals surface area contributed by atoms with Crippen molar-refractivity contribution >= 4 is 27.0 Å². The van der Waals surface area contributed by atoms with E-state index in [4.69, 9.17) is 32.2 Å². The van der Waals surface area contributed by atoms with Crippen LogP contribution in [0.1, 0.15) is 18.4 Å². The van der Waals surface area contributed by atoms with Gasteiger partial charge in [0.25, 0.3) is 0 Å². The molecular formula is C15H19NO5S2. The average molecular weight is 357 g/mol. The second-order valence-corrected chi connectivity index (χ2v) is 8.65. The minimum atomic E-state index is -3.33. The van der Waals surface area contributed by atoms with Gasteiger partial charge in [-0.3, -0.25) is 0 Å². The molecule has 3 rings (SSSR count). The van der Waals surface area contributed by atoms with Crippen LogP contribution in [0.4, 0.5) is 0 Å². The fraction of sp³-hybridized carbons (Fsp3) is 0.533. The summed E-state index contributed by atoms with van der Waals surface area (Å²) < 4.78 is 41.0. The molecule has 0 bridgehead atoms. The number of nitrogens with two attached hydrogens (primary N) is 1. The molecule has 1 aromatic rings. The van der Waals surface area contributed by atoms with Crippen LogP contribution < -0.4 is 15.2 Å². The zero-order valence-corrected chi connectivity index (χ0v) is 14.6. The largest absolute Gasteiger partial charge is 0.454 e. The van der Waals surface area contributed by atoms with Gasteiger partial charge in [0.2, 0.25) is 6.79 Å². The number of hydrogen-bond acceptors (Lipinski definition) is 6. The Bertz CT molecular complexity index is 748. The highest BCUT2D eigenvalue weighted by Gasteiger charge is 2.72. The summed E-state index contributed by atoms with van der Waals surface area (Å²) in [4.78, 5) is 0.170. The van der Waals surface area contributed by atoms with Crippen molar-refractivity contribution in [3.8, 4) is 11.5 Å². The van der Waals surface area contributed by atoms with E-state index in [2.05, 4.69) is 0 Å². The summed E-state index contributed by atoms with van der Waals surface area (Å²) in [5, 5.41) is -0.669. The van der Waals surface area contributed by atoms with Gasteiger partial charge in [0.15, 0.2) is 21.3 Å². The highest BCUT2D eigenvalue weighted by molar-refractivity contribution is 7.92. The molecule has 1 aromatic carbocycles. The molecule has 3 atom stereocenters. The maximum atomic E-state index is 12.5. The SMILES string of the molecule is CCS(=O)(=O)[C@@H]1[C@@H](c2ccc3c(c2)OCO3)[C@@]1(COC)C(N)=S. The number of ether oxygens (including phenoxy) is 3. The first-order valence-electron chi connectivity index (χ1n) is 7.28. The normalized spacial score (nSPS) is 28.6. The second-order valence-electron chi connectivity index (χ2n) is 5.80. The van der Waals surface area contributed by atoms with Gasteiger partial charge in [0, 0.05) is 18.8 Å². The van der Waals surface area contributed by atoms with Crippen LogP contribution >= 0.6 is 12.2 Å². The van der Waals surface area contributed by atoms with Crippen LogP contribution in [0.25, 0.3) is 0 Å². The first-order valence-corrected chi connectivity index (χ1v) is 9.40. The van der Waals surface area contributed by atoms with Gasteiger partial charge in [-0.05, 0) is 17.7 Å². The molecule has 6 nitrogen and oxygen atoms in total. The van der Waals surface area contributed by atoms with Crippen LogP contribution in [0.2, 0.25) is 0 Å². The monoisotopic (exact) mass is 357 g/mol.